The van der Waals surface area contributed by atoms with Crippen molar-refractivity contribution in [2.45, 2.75) is 37.1 Å². The Balaban J connectivity index is 2.43. The van der Waals surface area contributed by atoms with Crippen molar-refractivity contribution in [1.82, 2.24) is 4.90 Å². The summed E-state index contributed by atoms with van der Waals surface area (Å²) in [7, 11) is -3.83. The molecule has 1 fully saturated rings. The minimum absolute atomic E-state index is 0.0628. The number of nitrogens with zero attached hydrogens (tertiary/aromatic N) is 1. The molecule has 0 saturated carbocycles. The topological polar surface area (TPSA) is 80.5 Å². The molecule has 110 valence electrons. The van der Waals surface area contributed by atoms with E-state index in [-0.39, 0.29) is 16.3 Å². The van der Waals surface area contributed by atoms with Gasteiger partial charge < -0.3 is 4.90 Å². The number of halogens is 1. The summed E-state index contributed by atoms with van der Waals surface area (Å²) in [4.78, 5) is 14.3. The van der Waals surface area contributed by atoms with E-state index in [9.17, 15) is 13.2 Å². The summed E-state index contributed by atoms with van der Waals surface area (Å²) in [5, 5.41) is 5.13. The molecule has 0 bridgehead atoms. The molecule has 5 nitrogen and oxygen atoms in total. The van der Waals surface area contributed by atoms with Gasteiger partial charge in [-0.05, 0) is 44.9 Å². The van der Waals surface area contributed by atoms with Crippen LogP contribution in [0.5, 0.6) is 0 Å². The van der Waals surface area contributed by atoms with Crippen LogP contribution in [0.2, 0.25) is 0 Å². The predicted octanol–water partition coefficient (Wildman–Crippen LogP) is 2.11. The lowest BCUT2D eigenvalue weighted by Crippen LogP contribution is -2.42. The Morgan fingerprint density at radius 1 is 1.35 bits per heavy atom. The van der Waals surface area contributed by atoms with Gasteiger partial charge in [-0.25, -0.2) is 13.6 Å². The van der Waals surface area contributed by atoms with Crippen molar-refractivity contribution in [1.29, 1.82) is 0 Å². The highest BCUT2D eigenvalue weighted by atomic mass is 79.9. The van der Waals surface area contributed by atoms with E-state index in [0.29, 0.717) is 16.6 Å². The molecule has 0 unspecified atom stereocenters. The number of hydrogen-bond donors (Lipinski definition) is 1. The number of likely N-dealkylation sites (tertiary alicyclic amines) is 1. The summed E-state index contributed by atoms with van der Waals surface area (Å²) in [5.74, 6) is -0.168. The summed E-state index contributed by atoms with van der Waals surface area (Å²) in [6.07, 6.45) is 1.89. The molecule has 20 heavy (non-hydrogen) atoms. The first kappa shape index (κ1) is 15.5. The minimum atomic E-state index is -3.83. The van der Waals surface area contributed by atoms with Gasteiger partial charge in [0.1, 0.15) is 0 Å². The lowest BCUT2D eigenvalue weighted by atomic mass is 10.0. The van der Waals surface area contributed by atoms with Gasteiger partial charge in [0.25, 0.3) is 5.91 Å². The van der Waals surface area contributed by atoms with Crippen LogP contribution in [-0.4, -0.2) is 31.3 Å². The molecule has 0 aliphatic carbocycles. The summed E-state index contributed by atoms with van der Waals surface area (Å²) in [5.41, 5.74) is 0.125. The van der Waals surface area contributed by atoms with Crippen LogP contribution >= 0.6 is 15.9 Å². The smallest absolute Gasteiger partial charge is 0.254 e. The lowest BCUT2D eigenvalue weighted by molar-refractivity contribution is 0.0651. The van der Waals surface area contributed by atoms with Gasteiger partial charge in [-0.1, -0.05) is 15.9 Å². The molecule has 1 aliphatic heterocycles. The first-order chi connectivity index (χ1) is 9.11. The van der Waals surface area contributed by atoms with Crippen LogP contribution in [0, 0.1) is 0 Å². The highest BCUT2D eigenvalue weighted by Crippen LogP contribution is 2.30. The Kier molecular flexibility index (Phi) is 3.96. The zero-order valence-electron chi connectivity index (χ0n) is 11.4. The summed E-state index contributed by atoms with van der Waals surface area (Å²) in [6.45, 7) is 4.70. The van der Waals surface area contributed by atoms with Crippen LogP contribution in [0.4, 0.5) is 0 Å². The quantitative estimate of drug-likeness (QED) is 0.876. The molecule has 7 heteroatoms. The number of amides is 1. The lowest BCUT2D eigenvalue weighted by Gasteiger charge is -2.31. The fraction of sp³-hybridized carbons (Fsp3) is 0.462. The fourth-order valence-electron chi connectivity index (χ4n) is 2.49. The molecule has 2 N–H and O–H groups in total. The molecule has 1 aromatic rings. The third-order valence-corrected chi connectivity index (χ3v) is 4.94. The Morgan fingerprint density at radius 2 is 2.00 bits per heavy atom. The molecule has 0 spiro atoms. The molecule has 1 saturated heterocycles. The molecule has 0 aromatic heterocycles. The van der Waals surface area contributed by atoms with Crippen molar-refractivity contribution < 1.29 is 13.2 Å². The van der Waals surface area contributed by atoms with E-state index in [1.54, 1.807) is 11.0 Å². The van der Waals surface area contributed by atoms with Gasteiger partial charge in [-0.2, -0.15) is 0 Å². The number of primary sulfonamides is 1. The van der Waals surface area contributed by atoms with E-state index in [1.807, 2.05) is 13.8 Å². The van der Waals surface area contributed by atoms with Gasteiger partial charge in [0.2, 0.25) is 10.0 Å². The van der Waals surface area contributed by atoms with Crippen LogP contribution in [0.25, 0.3) is 0 Å². The number of carbonyl (C=O) groups is 1. The third kappa shape index (κ3) is 3.05. The first-order valence-corrected chi connectivity index (χ1v) is 8.60. The molecule has 1 heterocycles. The van der Waals surface area contributed by atoms with Crippen LogP contribution in [0.3, 0.4) is 0 Å². The Bertz CT molecular complexity index is 656. The van der Waals surface area contributed by atoms with Gasteiger partial charge >= 0.3 is 0 Å². The zero-order chi connectivity index (χ0) is 15.1. The number of benzene rings is 1. The standard InChI is InChI=1S/C13H17BrN2O3S/c1-13(2)4-3-5-16(13)12(17)9-6-10(14)8-11(7-9)20(15,18)19/h6-8H,3-5H2,1-2H3,(H2,15,18,19). The van der Waals surface area contributed by atoms with E-state index in [4.69, 9.17) is 5.14 Å². The largest absolute Gasteiger partial charge is 0.334 e. The van der Waals surface area contributed by atoms with E-state index < -0.39 is 10.0 Å². The maximum Gasteiger partial charge on any atom is 0.254 e. The summed E-state index contributed by atoms with van der Waals surface area (Å²) >= 11 is 3.22. The number of nitrogens with two attached hydrogens (primary N) is 1. The van der Waals surface area contributed by atoms with Gasteiger partial charge in [-0.3, -0.25) is 4.79 Å². The van der Waals surface area contributed by atoms with Crippen LogP contribution in [0.1, 0.15) is 37.0 Å². The fourth-order valence-corrected chi connectivity index (χ4v) is 3.72. The van der Waals surface area contributed by atoms with Crippen LogP contribution in [0.15, 0.2) is 27.6 Å². The van der Waals surface area contributed by atoms with E-state index in [1.165, 1.54) is 12.1 Å². The second-order valence-corrected chi connectivity index (χ2v) is 8.07. The highest BCUT2D eigenvalue weighted by Gasteiger charge is 2.36. The molecule has 0 radical (unpaired) electrons. The number of hydrogen-bond acceptors (Lipinski definition) is 3. The zero-order valence-corrected chi connectivity index (χ0v) is 13.8. The number of carbonyl (C=O) groups excluding carboxylic acids is 1. The molecule has 0 atom stereocenters. The minimum Gasteiger partial charge on any atom is -0.334 e. The second-order valence-electron chi connectivity index (χ2n) is 5.59. The predicted molar refractivity (Wildman–Crippen MR) is 79.9 cm³/mol. The summed E-state index contributed by atoms with van der Waals surface area (Å²) < 4.78 is 23.4. The molecular formula is C13H17BrN2O3S. The van der Waals surface area contributed by atoms with E-state index >= 15 is 0 Å². The van der Waals surface area contributed by atoms with Gasteiger partial charge in [0, 0.05) is 22.1 Å². The van der Waals surface area contributed by atoms with Gasteiger partial charge in [-0.15, -0.1) is 0 Å². The average Bonchev–Trinajstić information content (AvgIpc) is 2.66. The van der Waals surface area contributed by atoms with Crippen molar-refractivity contribution >= 4 is 31.9 Å². The van der Waals surface area contributed by atoms with Crippen molar-refractivity contribution in [3.63, 3.8) is 0 Å². The number of sulfonamides is 1. The average molecular weight is 361 g/mol. The van der Waals surface area contributed by atoms with Crippen molar-refractivity contribution in [3.05, 3.63) is 28.2 Å². The second kappa shape index (κ2) is 5.13. The Hall–Kier alpha value is -0.920. The van der Waals surface area contributed by atoms with Crippen molar-refractivity contribution in [2.24, 2.45) is 5.14 Å². The Labute approximate surface area is 127 Å². The van der Waals surface area contributed by atoms with E-state index in [0.717, 1.165) is 12.8 Å². The molecule has 1 aromatic carbocycles. The molecule has 1 amide bonds. The van der Waals surface area contributed by atoms with Gasteiger partial charge in [0.05, 0.1) is 4.90 Å². The Morgan fingerprint density at radius 3 is 2.50 bits per heavy atom. The van der Waals surface area contributed by atoms with Crippen LogP contribution in [-0.2, 0) is 10.0 Å². The molecule has 1 aliphatic rings. The SMILES string of the molecule is CC1(C)CCCN1C(=O)c1cc(Br)cc(S(N)(=O)=O)c1. The maximum atomic E-state index is 12.6. The van der Waals surface area contributed by atoms with Crippen LogP contribution < -0.4 is 5.14 Å². The van der Waals surface area contributed by atoms with Gasteiger partial charge in [0.15, 0.2) is 0 Å². The van der Waals surface area contributed by atoms with Crippen molar-refractivity contribution in [3.8, 4) is 0 Å². The molecule has 2 rings (SSSR count). The highest BCUT2D eigenvalue weighted by molar-refractivity contribution is 9.10. The number of rotatable bonds is 2. The van der Waals surface area contributed by atoms with Crippen molar-refractivity contribution in [2.75, 3.05) is 6.54 Å². The monoisotopic (exact) mass is 360 g/mol. The van der Waals surface area contributed by atoms with E-state index in [2.05, 4.69) is 15.9 Å². The summed E-state index contributed by atoms with van der Waals surface area (Å²) in [6, 6.07) is 4.34. The molecular weight excluding hydrogens is 344 g/mol. The normalized spacial score (nSPS) is 18.3. The maximum absolute atomic E-state index is 12.6. The third-order valence-electron chi connectivity index (χ3n) is 3.59. The first-order valence-electron chi connectivity index (χ1n) is 6.27.